The van der Waals surface area contributed by atoms with Crippen LogP contribution in [0.4, 0.5) is 0 Å². The van der Waals surface area contributed by atoms with Gasteiger partial charge < -0.3 is 47.4 Å². The number of rotatable bonds is 17. The minimum atomic E-state index is -0.811. The normalized spacial score (nSPS) is 28.4. The molecule has 0 aliphatic carbocycles. The van der Waals surface area contributed by atoms with E-state index < -0.39 is 61.6 Å². The predicted octanol–water partition coefficient (Wildman–Crippen LogP) is 7.95. The molecule has 5 aromatic carbocycles. The molecule has 0 saturated carbocycles. The fourth-order valence-corrected chi connectivity index (χ4v) is 7.69. The van der Waals surface area contributed by atoms with E-state index in [1.165, 1.54) is 0 Å². The van der Waals surface area contributed by atoms with Crippen LogP contribution in [0.3, 0.4) is 0 Å². The smallest absolute Gasteiger partial charge is 0.186 e. The molecule has 10 nitrogen and oxygen atoms in total. The van der Waals surface area contributed by atoms with Crippen LogP contribution in [-0.2, 0) is 73.8 Å². The maximum atomic E-state index is 7.01. The van der Waals surface area contributed by atoms with Gasteiger partial charge in [-0.1, -0.05) is 152 Å². The van der Waals surface area contributed by atoms with E-state index in [-0.39, 0.29) is 6.61 Å². The highest BCUT2D eigenvalue weighted by Gasteiger charge is 2.53. The van der Waals surface area contributed by atoms with Crippen LogP contribution in [0.5, 0.6) is 0 Å². The highest BCUT2D eigenvalue weighted by atomic mass is 16.8. The molecule has 3 heterocycles. The van der Waals surface area contributed by atoms with Crippen molar-refractivity contribution < 1.29 is 47.4 Å². The summed E-state index contributed by atoms with van der Waals surface area (Å²) in [6.07, 6.45) is -5.63. The quantitative estimate of drug-likeness (QED) is 0.0925. The van der Waals surface area contributed by atoms with Gasteiger partial charge in [-0.15, -0.1) is 0 Å². The second-order valence-corrected chi connectivity index (χ2v) is 14.8. The minimum absolute atomic E-state index is 0.242. The van der Waals surface area contributed by atoms with E-state index in [0.29, 0.717) is 39.5 Å². The van der Waals surface area contributed by atoms with E-state index in [4.69, 9.17) is 47.4 Å². The molecule has 3 saturated heterocycles. The number of hydrogen-bond acceptors (Lipinski definition) is 10. The molecule has 0 radical (unpaired) electrons. The van der Waals surface area contributed by atoms with E-state index in [1.807, 2.05) is 140 Å². The van der Waals surface area contributed by atoms with Gasteiger partial charge in [0.05, 0.1) is 45.7 Å². The molecule has 3 aliphatic heterocycles. The van der Waals surface area contributed by atoms with E-state index in [9.17, 15) is 0 Å². The van der Waals surface area contributed by atoms with E-state index in [0.717, 1.165) is 27.8 Å². The topological polar surface area (TPSA) is 92.3 Å². The number of benzene rings is 5. The molecule has 3 fully saturated rings. The summed E-state index contributed by atoms with van der Waals surface area (Å²) in [6, 6.07) is 50.2. The standard InChI is InChI=1S/C48H52O10/c1-49-48-46(45(53-31-37-23-13-5-14-24-37)44-41(56-48)33-54-47(58-44)38-25-15-6-16-26-38)57-42-27-39(51-29-35-19-9-3-10-20-35)43(52-30-36-21-11-4-12-22-36)40(55-42)32-50-28-34-17-7-2-8-18-34/h2-26,39-48H,27-33H2,1H3/t39-,40?,41-,42+,43?,44?,45?,46?,47-,48+/m1/s1. The molecule has 0 aromatic heterocycles. The van der Waals surface area contributed by atoms with Crippen molar-refractivity contribution >= 4 is 0 Å². The fraction of sp³-hybridized carbons (Fsp3) is 0.375. The Hall–Kier alpha value is -4.30. The van der Waals surface area contributed by atoms with Gasteiger partial charge in [0.25, 0.3) is 0 Å². The second-order valence-electron chi connectivity index (χ2n) is 14.8. The largest absolute Gasteiger partial charge is 0.374 e. The molecule has 10 heteroatoms. The van der Waals surface area contributed by atoms with Crippen molar-refractivity contribution in [3.63, 3.8) is 0 Å². The Labute approximate surface area is 340 Å². The van der Waals surface area contributed by atoms with Crippen molar-refractivity contribution in [3.8, 4) is 0 Å². The SMILES string of the molecule is CO[C@H]1O[C@@H]2CO[C@@H](c3ccccc3)OC2C(OCc2ccccc2)C1O[C@H]1C[C@@H](OCc2ccccc2)C(OCc2ccccc2)C(COCc2ccccc2)O1. The van der Waals surface area contributed by atoms with Crippen molar-refractivity contribution in [2.45, 2.75) is 94.4 Å². The van der Waals surface area contributed by atoms with Gasteiger partial charge in [-0.05, 0) is 22.3 Å². The molecule has 0 N–H and O–H groups in total. The molecule has 0 amide bonds. The number of hydrogen-bond donors (Lipinski definition) is 0. The van der Waals surface area contributed by atoms with Crippen molar-refractivity contribution in [1.82, 2.24) is 0 Å². The van der Waals surface area contributed by atoms with Gasteiger partial charge in [0, 0.05) is 19.1 Å². The van der Waals surface area contributed by atoms with Crippen molar-refractivity contribution in [1.29, 1.82) is 0 Å². The van der Waals surface area contributed by atoms with Crippen LogP contribution in [0.25, 0.3) is 0 Å². The molecule has 3 aliphatic rings. The summed E-state index contributed by atoms with van der Waals surface area (Å²) in [4.78, 5) is 0. The van der Waals surface area contributed by atoms with Crippen LogP contribution in [-0.4, -0.2) is 75.6 Å². The van der Waals surface area contributed by atoms with Gasteiger partial charge in [-0.3, -0.25) is 0 Å². The maximum Gasteiger partial charge on any atom is 0.186 e. The van der Waals surface area contributed by atoms with Crippen LogP contribution in [0.1, 0.15) is 40.5 Å². The van der Waals surface area contributed by atoms with Gasteiger partial charge in [0.2, 0.25) is 0 Å². The lowest BCUT2D eigenvalue weighted by Gasteiger charge is -2.50. The number of ether oxygens (including phenoxy) is 10. The van der Waals surface area contributed by atoms with E-state index in [2.05, 4.69) is 12.1 Å². The van der Waals surface area contributed by atoms with Gasteiger partial charge in [-0.25, -0.2) is 0 Å². The average Bonchev–Trinajstić information content (AvgIpc) is 3.29. The monoisotopic (exact) mass is 788 g/mol. The fourth-order valence-electron chi connectivity index (χ4n) is 7.69. The Morgan fingerprint density at radius 2 is 1.05 bits per heavy atom. The Kier molecular flexibility index (Phi) is 14.4. The lowest BCUT2D eigenvalue weighted by molar-refractivity contribution is -0.388. The van der Waals surface area contributed by atoms with Crippen LogP contribution >= 0.6 is 0 Å². The first-order valence-electron chi connectivity index (χ1n) is 20.1. The van der Waals surface area contributed by atoms with E-state index in [1.54, 1.807) is 7.11 Å². The van der Waals surface area contributed by atoms with Crippen molar-refractivity contribution in [2.75, 3.05) is 20.3 Å². The van der Waals surface area contributed by atoms with Crippen molar-refractivity contribution in [3.05, 3.63) is 179 Å². The van der Waals surface area contributed by atoms with E-state index >= 15 is 0 Å². The zero-order valence-electron chi connectivity index (χ0n) is 32.7. The molecular formula is C48H52O10. The lowest BCUT2D eigenvalue weighted by atomic mass is 9.96. The first-order chi connectivity index (χ1) is 28.7. The van der Waals surface area contributed by atoms with Gasteiger partial charge >= 0.3 is 0 Å². The third kappa shape index (κ3) is 10.7. The Morgan fingerprint density at radius 3 is 1.62 bits per heavy atom. The molecule has 5 unspecified atom stereocenters. The number of methoxy groups -OCH3 is 1. The maximum absolute atomic E-state index is 7.01. The van der Waals surface area contributed by atoms with Crippen LogP contribution in [0.2, 0.25) is 0 Å². The molecule has 304 valence electrons. The highest BCUT2D eigenvalue weighted by molar-refractivity contribution is 5.18. The molecule has 10 atom stereocenters. The Morgan fingerprint density at radius 1 is 0.534 bits per heavy atom. The Bertz CT molecular complexity index is 1900. The summed E-state index contributed by atoms with van der Waals surface area (Å²) < 4.78 is 65.8. The summed E-state index contributed by atoms with van der Waals surface area (Å²) in [6.45, 7) is 2.03. The van der Waals surface area contributed by atoms with Crippen LogP contribution < -0.4 is 0 Å². The van der Waals surface area contributed by atoms with Gasteiger partial charge in [0.15, 0.2) is 18.9 Å². The third-order valence-electron chi connectivity index (χ3n) is 10.7. The van der Waals surface area contributed by atoms with Gasteiger partial charge in [-0.2, -0.15) is 0 Å². The second kappa shape index (κ2) is 20.6. The first-order valence-corrected chi connectivity index (χ1v) is 20.1. The molecule has 0 bridgehead atoms. The summed E-state index contributed by atoms with van der Waals surface area (Å²) in [7, 11) is 1.61. The molecular weight excluding hydrogens is 737 g/mol. The minimum Gasteiger partial charge on any atom is -0.374 e. The van der Waals surface area contributed by atoms with Crippen molar-refractivity contribution in [2.24, 2.45) is 0 Å². The number of fused-ring (bicyclic) bond motifs is 1. The average molecular weight is 789 g/mol. The van der Waals surface area contributed by atoms with Gasteiger partial charge in [0.1, 0.15) is 36.6 Å². The molecule has 58 heavy (non-hydrogen) atoms. The highest BCUT2D eigenvalue weighted by Crippen LogP contribution is 2.39. The summed E-state index contributed by atoms with van der Waals surface area (Å²) >= 11 is 0. The molecule has 8 rings (SSSR count). The summed E-state index contributed by atoms with van der Waals surface area (Å²) in [5, 5.41) is 0. The summed E-state index contributed by atoms with van der Waals surface area (Å²) in [5.41, 5.74) is 5.08. The van der Waals surface area contributed by atoms with Crippen LogP contribution in [0.15, 0.2) is 152 Å². The predicted molar refractivity (Wildman–Crippen MR) is 215 cm³/mol. The zero-order valence-corrected chi connectivity index (χ0v) is 32.7. The third-order valence-corrected chi connectivity index (χ3v) is 10.7. The zero-order chi connectivity index (χ0) is 39.4. The lowest BCUT2D eigenvalue weighted by Crippen LogP contribution is -2.64. The summed E-state index contributed by atoms with van der Waals surface area (Å²) in [5.74, 6) is 0. The van der Waals surface area contributed by atoms with Crippen LogP contribution in [0, 0.1) is 0 Å². The molecule has 0 spiro atoms. The first kappa shape index (κ1) is 40.5. The molecule has 5 aromatic rings. The Balaban J connectivity index is 1.07.